The Balaban J connectivity index is 1.26. The highest BCUT2D eigenvalue weighted by atomic mass is 14.9. The molecule has 0 amide bonds. The lowest BCUT2D eigenvalue weighted by Gasteiger charge is -2.18. The smallest absolute Gasteiger partial charge is 0.0464 e. The molecule has 0 bridgehead atoms. The predicted octanol–water partition coefficient (Wildman–Crippen LogP) is 12.1. The molecule has 7 aromatic rings. The van der Waals surface area contributed by atoms with Gasteiger partial charge in [-0.25, -0.2) is 0 Å². The molecule has 0 unspecified atom stereocenters. The van der Waals surface area contributed by atoms with Crippen LogP contribution in [0.1, 0.15) is 5.56 Å². The quantitative estimate of drug-likeness (QED) is 0.203. The third-order valence-electron chi connectivity index (χ3n) is 8.24. The Labute approximate surface area is 260 Å². The number of hydrogen-bond acceptors (Lipinski definition) is 1. The van der Waals surface area contributed by atoms with Gasteiger partial charge < -0.3 is 5.32 Å². The Bertz CT molecular complexity index is 2050. The summed E-state index contributed by atoms with van der Waals surface area (Å²) in [5.41, 5.74) is 15.5. The SMILES string of the molecule is Cc1ccccc1-c1ccccc1-c1ccccc1-c1ccccc1Nc1cccc(-c2cccc(-c3ccccc3)c2)c1. The highest BCUT2D eigenvalue weighted by Gasteiger charge is 2.15. The molecule has 0 aliphatic heterocycles. The number of aryl methyl sites for hydroxylation is 1. The molecule has 0 fully saturated rings. The molecule has 0 saturated heterocycles. The summed E-state index contributed by atoms with van der Waals surface area (Å²) < 4.78 is 0. The summed E-state index contributed by atoms with van der Waals surface area (Å²) in [4.78, 5) is 0. The van der Waals surface area contributed by atoms with Gasteiger partial charge in [-0.1, -0.05) is 152 Å². The lowest BCUT2D eigenvalue weighted by molar-refractivity contribution is 1.45. The number of para-hydroxylation sites is 1. The second-order valence-electron chi connectivity index (χ2n) is 11.1. The largest absolute Gasteiger partial charge is 0.355 e. The summed E-state index contributed by atoms with van der Waals surface area (Å²) in [5, 5.41) is 3.76. The van der Waals surface area contributed by atoms with Crippen LogP contribution in [0.5, 0.6) is 0 Å². The van der Waals surface area contributed by atoms with Gasteiger partial charge in [0.05, 0.1) is 0 Å². The van der Waals surface area contributed by atoms with E-state index in [0.29, 0.717) is 0 Å². The summed E-state index contributed by atoms with van der Waals surface area (Å²) in [5.74, 6) is 0. The van der Waals surface area contributed by atoms with Crippen LogP contribution in [0, 0.1) is 6.92 Å². The van der Waals surface area contributed by atoms with Gasteiger partial charge in [0.25, 0.3) is 0 Å². The standard InChI is InChI=1S/C43H33N/c1-31-15-5-6-22-37(31)38-23-7-8-24-39(38)40-25-9-10-26-41(40)42-27-11-12-28-43(42)44-36-21-14-20-35(30-36)34-19-13-18-33(29-34)32-16-3-2-4-17-32/h2-30,44H,1H3. The Morgan fingerprint density at radius 2 is 0.750 bits per heavy atom. The van der Waals surface area contributed by atoms with Crippen LogP contribution in [0.3, 0.4) is 0 Å². The Morgan fingerprint density at radius 1 is 0.318 bits per heavy atom. The van der Waals surface area contributed by atoms with E-state index in [1.165, 1.54) is 61.2 Å². The fraction of sp³-hybridized carbons (Fsp3) is 0.0233. The third kappa shape index (κ3) is 5.56. The van der Waals surface area contributed by atoms with Gasteiger partial charge in [0.2, 0.25) is 0 Å². The van der Waals surface area contributed by atoms with Crippen molar-refractivity contribution in [1.82, 2.24) is 0 Å². The predicted molar refractivity (Wildman–Crippen MR) is 188 cm³/mol. The molecule has 1 heteroatoms. The molecule has 0 heterocycles. The van der Waals surface area contributed by atoms with Crippen molar-refractivity contribution in [1.29, 1.82) is 0 Å². The number of rotatable bonds is 7. The fourth-order valence-corrected chi connectivity index (χ4v) is 6.05. The van der Waals surface area contributed by atoms with E-state index in [9.17, 15) is 0 Å². The minimum atomic E-state index is 1.05. The van der Waals surface area contributed by atoms with E-state index in [4.69, 9.17) is 0 Å². The average molecular weight is 564 g/mol. The van der Waals surface area contributed by atoms with Crippen LogP contribution in [0.15, 0.2) is 176 Å². The number of benzene rings is 7. The Hall–Kier alpha value is -5.66. The molecule has 0 aliphatic carbocycles. The molecule has 7 aromatic carbocycles. The highest BCUT2D eigenvalue weighted by Crippen LogP contribution is 2.41. The zero-order valence-electron chi connectivity index (χ0n) is 24.7. The first-order chi connectivity index (χ1) is 21.7. The van der Waals surface area contributed by atoms with E-state index < -0.39 is 0 Å². The minimum absolute atomic E-state index is 1.05. The van der Waals surface area contributed by atoms with Crippen molar-refractivity contribution < 1.29 is 0 Å². The highest BCUT2D eigenvalue weighted by molar-refractivity contribution is 5.95. The van der Waals surface area contributed by atoms with E-state index in [0.717, 1.165) is 11.4 Å². The third-order valence-corrected chi connectivity index (χ3v) is 8.24. The van der Waals surface area contributed by atoms with Crippen molar-refractivity contribution in [2.24, 2.45) is 0 Å². The van der Waals surface area contributed by atoms with Gasteiger partial charge in [-0.2, -0.15) is 0 Å². The van der Waals surface area contributed by atoms with Crippen LogP contribution in [0.4, 0.5) is 11.4 Å². The number of nitrogens with one attached hydrogen (secondary N) is 1. The molecule has 0 spiro atoms. The number of hydrogen-bond donors (Lipinski definition) is 1. The lowest BCUT2D eigenvalue weighted by Crippen LogP contribution is -1.96. The van der Waals surface area contributed by atoms with Crippen LogP contribution in [-0.2, 0) is 0 Å². The second-order valence-corrected chi connectivity index (χ2v) is 11.1. The Morgan fingerprint density at radius 3 is 1.41 bits per heavy atom. The molecule has 210 valence electrons. The fourth-order valence-electron chi connectivity index (χ4n) is 6.05. The average Bonchev–Trinajstić information content (AvgIpc) is 3.09. The van der Waals surface area contributed by atoms with Crippen LogP contribution >= 0.6 is 0 Å². The van der Waals surface area contributed by atoms with Crippen LogP contribution in [0.25, 0.3) is 55.6 Å². The van der Waals surface area contributed by atoms with E-state index in [1.807, 2.05) is 0 Å². The van der Waals surface area contributed by atoms with Gasteiger partial charge in [-0.3, -0.25) is 0 Å². The Kier molecular flexibility index (Phi) is 7.60. The van der Waals surface area contributed by atoms with Crippen LogP contribution < -0.4 is 5.32 Å². The van der Waals surface area contributed by atoms with E-state index in [1.54, 1.807) is 0 Å². The second kappa shape index (κ2) is 12.3. The molecule has 44 heavy (non-hydrogen) atoms. The molecule has 0 aliphatic rings. The maximum atomic E-state index is 3.76. The van der Waals surface area contributed by atoms with E-state index >= 15 is 0 Å². The first-order valence-corrected chi connectivity index (χ1v) is 15.1. The maximum absolute atomic E-state index is 3.76. The van der Waals surface area contributed by atoms with Gasteiger partial charge in [-0.15, -0.1) is 0 Å². The van der Waals surface area contributed by atoms with Crippen LogP contribution in [0.2, 0.25) is 0 Å². The molecular formula is C43H33N. The van der Waals surface area contributed by atoms with Gasteiger partial charge >= 0.3 is 0 Å². The normalized spacial score (nSPS) is 10.8. The van der Waals surface area contributed by atoms with E-state index in [-0.39, 0.29) is 0 Å². The van der Waals surface area contributed by atoms with Gasteiger partial charge in [-0.05, 0) is 86.8 Å². The van der Waals surface area contributed by atoms with Gasteiger partial charge in [0, 0.05) is 16.9 Å². The summed E-state index contributed by atoms with van der Waals surface area (Å²) >= 11 is 0. The van der Waals surface area contributed by atoms with Crippen molar-refractivity contribution in [2.75, 3.05) is 5.32 Å². The lowest BCUT2D eigenvalue weighted by atomic mass is 9.88. The van der Waals surface area contributed by atoms with Crippen molar-refractivity contribution in [3.8, 4) is 55.6 Å². The first-order valence-electron chi connectivity index (χ1n) is 15.1. The van der Waals surface area contributed by atoms with Crippen LogP contribution in [-0.4, -0.2) is 0 Å². The molecule has 7 rings (SSSR count). The minimum Gasteiger partial charge on any atom is -0.355 e. The summed E-state index contributed by atoms with van der Waals surface area (Å²) in [7, 11) is 0. The van der Waals surface area contributed by atoms with Crippen molar-refractivity contribution in [3.05, 3.63) is 181 Å². The van der Waals surface area contributed by atoms with Crippen molar-refractivity contribution in [3.63, 3.8) is 0 Å². The maximum Gasteiger partial charge on any atom is 0.0464 e. The summed E-state index contributed by atoms with van der Waals surface area (Å²) in [6.45, 7) is 2.18. The molecular weight excluding hydrogens is 530 g/mol. The first kappa shape index (κ1) is 27.2. The topological polar surface area (TPSA) is 12.0 Å². The van der Waals surface area contributed by atoms with Gasteiger partial charge in [0.1, 0.15) is 0 Å². The molecule has 0 saturated carbocycles. The van der Waals surface area contributed by atoms with Crippen molar-refractivity contribution >= 4 is 11.4 Å². The molecule has 0 atom stereocenters. The molecule has 1 N–H and O–H groups in total. The van der Waals surface area contributed by atoms with E-state index in [2.05, 4.69) is 188 Å². The summed E-state index contributed by atoms with van der Waals surface area (Å²) in [6.07, 6.45) is 0. The molecule has 0 radical (unpaired) electrons. The summed E-state index contributed by atoms with van der Waals surface area (Å²) in [6, 6.07) is 62.7. The monoisotopic (exact) mass is 563 g/mol. The molecule has 1 nitrogen and oxygen atoms in total. The van der Waals surface area contributed by atoms with Gasteiger partial charge in [0.15, 0.2) is 0 Å². The van der Waals surface area contributed by atoms with Crippen molar-refractivity contribution in [2.45, 2.75) is 6.92 Å². The number of anilines is 2. The zero-order valence-corrected chi connectivity index (χ0v) is 24.7. The zero-order chi connectivity index (χ0) is 29.7. The molecule has 0 aromatic heterocycles.